The van der Waals surface area contributed by atoms with Crippen LogP contribution in [0.25, 0.3) is 10.9 Å². The Hall–Kier alpha value is -2.34. The van der Waals surface area contributed by atoms with Gasteiger partial charge in [0, 0.05) is 22.4 Å². The summed E-state index contributed by atoms with van der Waals surface area (Å²) in [5.41, 5.74) is -0.0494. The molecule has 4 aliphatic carbocycles. The Morgan fingerprint density at radius 2 is 1.72 bits per heavy atom. The van der Waals surface area contributed by atoms with E-state index in [1.54, 1.807) is 12.1 Å². The number of benzene rings is 1. The molecule has 0 aliphatic heterocycles. The first-order valence-electron chi connectivity index (χ1n) is 10.2. The fraction of sp³-hybridized carbons (Fsp3) is 0.500. The maximum atomic E-state index is 13.2. The van der Waals surface area contributed by atoms with E-state index in [1.165, 1.54) is 25.3 Å². The molecular weight excluding hydrogens is 392 g/mol. The molecule has 0 unspecified atom stereocenters. The van der Waals surface area contributed by atoms with E-state index in [0.717, 1.165) is 19.3 Å². The predicted molar refractivity (Wildman–Crippen MR) is 109 cm³/mol. The summed E-state index contributed by atoms with van der Waals surface area (Å²) in [5.74, 6) is 0.874. The number of aromatic amines is 1. The molecule has 4 bridgehead atoms. The van der Waals surface area contributed by atoms with Crippen molar-refractivity contribution in [1.82, 2.24) is 10.3 Å². The maximum absolute atomic E-state index is 13.2. The molecule has 0 saturated heterocycles. The molecule has 0 radical (unpaired) electrons. The first-order valence-corrected chi connectivity index (χ1v) is 10.6. The molecule has 6 rings (SSSR count). The number of carbonyl (C=O) groups is 2. The van der Waals surface area contributed by atoms with Crippen molar-refractivity contribution in [3.8, 4) is 0 Å². The predicted octanol–water partition coefficient (Wildman–Crippen LogP) is 3.71. The first kappa shape index (κ1) is 18.7. The lowest BCUT2D eigenvalue weighted by Gasteiger charge is -2.55. The van der Waals surface area contributed by atoms with Crippen LogP contribution in [0.4, 0.5) is 0 Å². The van der Waals surface area contributed by atoms with Crippen molar-refractivity contribution in [3.63, 3.8) is 0 Å². The van der Waals surface area contributed by atoms with Crippen molar-refractivity contribution in [2.75, 3.05) is 0 Å². The molecule has 1 amide bonds. The minimum absolute atomic E-state index is 0.106. The molecule has 3 N–H and O–H groups in total. The molecule has 1 heterocycles. The number of halogens is 1. The second-order valence-electron chi connectivity index (χ2n) is 9.23. The van der Waals surface area contributed by atoms with Gasteiger partial charge in [-0.2, -0.15) is 0 Å². The number of rotatable bonds is 4. The second kappa shape index (κ2) is 6.59. The van der Waals surface area contributed by atoms with Gasteiger partial charge in [0.05, 0.1) is 5.52 Å². The Bertz CT molecular complexity index is 1050. The SMILES string of the molecule is O=C(O)c1cc2cc(Cl)cc(CNC(=O)C34CC5CC(CC(C5)C3)C4)c2[nH]c1=O. The van der Waals surface area contributed by atoms with Crippen LogP contribution in [-0.4, -0.2) is 22.0 Å². The number of H-pyrrole nitrogens is 1. The molecule has 4 fully saturated rings. The van der Waals surface area contributed by atoms with Gasteiger partial charge in [0.1, 0.15) is 5.56 Å². The molecule has 152 valence electrons. The number of pyridine rings is 1. The van der Waals surface area contributed by atoms with E-state index in [2.05, 4.69) is 10.3 Å². The van der Waals surface area contributed by atoms with E-state index in [9.17, 15) is 19.5 Å². The van der Waals surface area contributed by atoms with Gasteiger partial charge in [-0.1, -0.05) is 11.6 Å². The van der Waals surface area contributed by atoms with E-state index in [0.29, 0.717) is 39.2 Å². The molecule has 1 aromatic carbocycles. The smallest absolute Gasteiger partial charge is 0.341 e. The van der Waals surface area contributed by atoms with Gasteiger partial charge in [-0.15, -0.1) is 0 Å². The topological polar surface area (TPSA) is 99.3 Å². The Balaban J connectivity index is 1.42. The second-order valence-corrected chi connectivity index (χ2v) is 9.66. The van der Waals surface area contributed by atoms with Gasteiger partial charge in [-0.25, -0.2) is 4.79 Å². The third-order valence-electron chi connectivity index (χ3n) is 7.19. The zero-order chi connectivity index (χ0) is 20.3. The number of amides is 1. The van der Waals surface area contributed by atoms with Crippen LogP contribution < -0.4 is 10.9 Å². The fourth-order valence-corrected chi connectivity index (χ4v) is 6.65. The van der Waals surface area contributed by atoms with Crippen LogP contribution in [0.5, 0.6) is 0 Å². The zero-order valence-corrected chi connectivity index (χ0v) is 16.7. The number of aromatic carboxylic acids is 1. The summed E-state index contributed by atoms with van der Waals surface area (Å²) in [6.45, 7) is 0.250. The van der Waals surface area contributed by atoms with Crippen LogP contribution in [-0.2, 0) is 11.3 Å². The van der Waals surface area contributed by atoms with E-state index < -0.39 is 11.5 Å². The Morgan fingerprint density at radius 3 is 2.31 bits per heavy atom. The van der Waals surface area contributed by atoms with Gasteiger partial charge in [-0.05, 0) is 80.0 Å². The maximum Gasteiger partial charge on any atom is 0.341 e. The van der Waals surface area contributed by atoms with Crippen LogP contribution in [0.1, 0.15) is 54.4 Å². The summed E-state index contributed by atoms with van der Waals surface area (Å²) in [4.78, 5) is 39.2. The van der Waals surface area contributed by atoms with Crippen LogP contribution in [0.3, 0.4) is 0 Å². The summed E-state index contributed by atoms with van der Waals surface area (Å²) in [7, 11) is 0. The molecule has 0 spiro atoms. The highest BCUT2D eigenvalue weighted by molar-refractivity contribution is 6.31. The summed E-state index contributed by atoms with van der Waals surface area (Å²) in [5, 5.41) is 13.2. The normalized spacial score (nSPS) is 29.9. The quantitative estimate of drug-likeness (QED) is 0.710. The van der Waals surface area contributed by atoms with Gasteiger partial charge in [-0.3, -0.25) is 9.59 Å². The average Bonchev–Trinajstić information content (AvgIpc) is 2.64. The summed E-state index contributed by atoms with van der Waals surface area (Å²) < 4.78 is 0. The minimum Gasteiger partial charge on any atom is -0.477 e. The number of carboxylic acid groups (broad SMARTS) is 1. The van der Waals surface area contributed by atoms with Crippen LogP contribution in [0.2, 0.25) is 5.02 Å². The van der Waals surface area contributed by atoms with Gasteiger partial charge in [0.25, 0.3) is 5.56 Å². The molecular formula is C22H23ClN2O4. The fourth-order valence-electron chi connectivity index (χ4n) is 6.40. The standard InChI is InChI=1S/C22H23ClN2O4/c23-16-4-14-6-17(20(27)28)19(26)25-18(14)15(5-16)10-24-21(29)22-7-11-1-12(8-22)3-13(2-11)9-22/h4-6,11-13H,1-3,7-10H2,(H,24,29)(H,25,26)(H,27,28). The molecule has 6 nitrogen and oxygen atoms in total. The molecule has 4 saturated carbocycles. The number of carboxylic acids is 1. The minimum atomic E-state index is -1.29. The molecule has 4 aliphatic rings. The van der Waals surface area contributed by atoms with Gasteiger partial charge in [0.2, 0.25) is 5.91 Å². The van der Waals surface area contributed by atoms with E-state index in [1.807, 2.05) is 0 Å². The van der Waals surface area contributed by atoms with E-state index >= 15 is 0 Å². The van der Waals surface area contributed by atoms with Crippen LogP contribution in [0.15, 0.2) is 23.0 Å². The molecule has 7 heteroatoms. The highest BCUT2D eigenvalue weighted by Crippen LogP contribution is 2.60. The van der Waals surface area contributed by atoms with Crippen LogP contribution in [0, 0.1) is 23.2 Å². The summed E-state index contributed by atoms with van der Waals surface area (Å²) in [6, 6.07) is 4.65. The number of hydrogen-bond donors (Lipinski definition) is 3. The monoisotopic (exact) mass is 414 g/mol. The highest BCUT2D eigenvalue weighted by atomic mass is 35.5. The molecule has 1 aromatic heterocycles. The number of carbonyl (C=O) groups excluding carboxylic acids is 1. The van der Waals surface area contributed by atoms with Crippen molar-refractivity contribution in [2.24, 2.45) is 23.2 Å². The van der Waals surface area contributed by atoms with Crippen molar-refractivity contribution in [1.29, 1.82) is 0 Å². The van der Waals surface area contributed by atoms with Crippen LogP contribution >= 0.6 is 11.6 Å². The average molecular weight is 415 g/mol. The van der Waals surface area contributed by atoms with Crippen molar-refractivity contribution in [3.05, 3.63) is 44.7 Å². The Morgan fingerprint density at radius 1 is 1.10 bits per heavy atom. The van der Waals surface area contributed by atoms with Gasteiger partial charge in [0.15, 0.2) is 0 Å². The lowest BCUT2D eigenvalue weighted by Crippen LogP contribution is -2.53. The van der Waals surface area contributed by atoms with Crippen molar-refractivity contribution >= 4 is 34.4 Å². The lowest BCUT2D eigenvalue weighted by molar-refractivity contribution is -0.146. The summed E-state index contributed by atoms with van der Waals surface area (Å²) >= 11 is 6.22. The molecule has 29 heavy (non-hydrogen) atoms. The molecule has 2 aromatic rings. The molecule has 0 atom stereocenters. The number of hydrogen-bond acceptors (Lipinski definition) is 3. The third kappa shape index (κ3) is 3.14. The summed E-state index contributed by atoms with van der Waals surface area (Å²) in [6.07, 6.45) is 6.79. The van der Waals surface area contributed by atoms with E-state index in [4.69, 9.17) is 11.6 Å². The third-order valence-corrected chi connectivity index (χ3v) is 7.41. The first-order chi connectivity index (χ1) is 13.8. The number of fused-ring (bicyclic) bond motifs is 1. The lowest BCUT2D eigenvalue weighted by atomic mass is 9.49. The Labute approximate surface area is 172 Å². The number of aromatic nitrogens is 1. The van der Waals surface area contributed by atoms with Gasteiger partial charge < -0.3 is 15.4 Å². The van der Waals surface area contributed by atoms with Crippen molar-refractivity contribution in [2.45, 2.75) is 45.1 Å². The zero-order valence-electron chi connectivity index (χ0n) is 16.0. The van der Waals surface area contributed by atoms with E-state index in [-0.39, 0.29) is 23.4 Å². The largest absolute Gasteiger partial charge is 0.477 e. The highest BCUT2D eigenvalue weighted by Gasteiger charge is 2.54. The Kier molecular flexibility index (Phi) is 4.24. The van der Waals surface area contributed by atoms with Gasteiger partial charge >= 0.3 is 5.97 Å². The van der Waals surface area contributed by atoms with Crippen molar-refractivity contribution < 1.29 is 14.7 Å². The number of nitrogens with one attached hydrogen (secondary N) is 2.